The molecule has 4 heteroatoms. The van der Waals surface area contributed by atoms with Crippen molar-refractivity contribution in [1.29, 1.82) is 0 Å². The van der Waals surface area contributed by atoms with Crippen molar-refractivity contribution in [3.63, 3.8) is 0 Å². The van der Waals surface area contributed by atoms with Crippen molar-refractivity contribution in [1.82, 2.24) is 5.32 Å². The molecule has 0 aliphatic rings. The predicted octanol–water partition coefficient (Wildman–Crippen LogP) is 4.26. The number of carbonyl (C=O) groups excluding carboxylic acids is 1. The van der Waals surface area contributed by atoms with Gasteiger partial charge in [0, 0.05) is 31.9 Å². The number of carbonyl (C=O) groups is 1. The van der Waals surface area contributed by atoms with E-state index in [1.54, 1.807) is 0 Å². The summed E-state index contributed by atoms with van der Waals surface area (Å²) in [7, 11) is 3.92. The second-order valence-corrected chi connectivity index (χ2v) is 6.55. The highest BCUT2D eigenvalue weighted by molar-refractivity contribution is 5.95. The minimum atomic E-state index is -0.0739. The zero-order valence-corrected chi connectivity index (χ0v) is 15.7. The summed E-state index contributed by atoms with van der Waals surface area (Å²) in [4.78, 5) is 14.3. The molecule has 138 valence electrons. The molecule has 4 nitrogen and oxygen atoms in total. The molecule has 3 rings (SSSR count). The molecule has 0 bridgehead atoms. The first-order valence-corrected chi connectivity index (χ1v) is 8.93. The van der Waals surface area contributed by atoms with Crippen LogP contribution in [0.25, 0.3) is 0 Å². The highest BCUT2D eigenvalue weighted by Crippen LogP contribution is 2.14. The number of rotatable bonds is 7. The monoisotopic (exact) mass is 360 g/mol. The first-order valence-electron chi connectivity index (χ1n) is 8.93. The van der Waals surface area contributed by atoms with E-state index >= 15 is 0 Å². The van der Waals surface area contributed by atoms with Crippen LogP contribution in [0.5, 0.6) is 5.75 Å². The Bertz CT molecular complexity index is 874. The highest BCUT2D eigenvalue weighted by atomic mass is 16.5. The van der Waals surface area contributed by atoms with Crippen LogP contribution < -0.4 is 15.0 Å². The van der Waals surface area contributed by atoms with Crippen LogP contribution in [0.15, 0.2) is 78.9 Å². The molecule has 0 saturated carbocycles. The summed E-state index contributed by atoms with van der Waals surface area (Å²) in [6.45, 7) is 1.01. The molecule has 1 N–H and O–H groups in total. The van der Waals surface area contributed by atoms with Gasteiger partial charge in [0.05, 0.1) is 0 Å². The van der Waals surface area contributed by atoms with E-state index in [2.05, 4.69) is 5.32 Å². The zero-order valence-electron chi connectivity index (χ0n) is 15.7. The largest absolute Gasteiger partial charge is 0.489 e. The van der Waals surface area contributed by atoms with Crippen LogP contribution >= 0.6 is 0 Å². The van der Waals surface area contributed by atoms with Crippen LogP contribution in [0, 0.1) is 0 Å². The van der Waals surface area contributed by atoms with Crippen LogP contribution in [-0.4, -0.2) is 20.0 Å². The van der Waals surface area contributed by atoms with Gasteiger partial charge in [0.2, 0.25) is 0 Å². The van der Waals surface area contributed by atoms with E-state index in [-0.39, 0.29) is 5.91 Å². The number of nitrogens with zero attached hydrogens (tertiary/aromatic N) is 1. The second kappa shape index (κ2) is 8.90. The number of amides is 1. The van der Waals surface area contributed by atoms with Crippen molar-refractivity contribution in [2.45, 2.75) is 13.2 Å². The number of hydrogen-bond acceptors (Lipinski definition) is 3. The molecule has 0 spiro atoms. The Kier molecular flexibility index (Phi) is 6.10. The van der Waals surface area contributed by atoms with Crippen molar-refractivity contribution < 1.29 is 9.53 Å². The lowest BCUT2D eigenvalue weighted by atomic mass is 10.1. The summed E-state index contributed by atoms with van der Waals surface area (Å²) in [5.41, 5.74) is 3.81. The lowest BCUT2D eigenvalue weighted by molar-refractivity contribution is 0.0951. The van der Waals surface area contributed by atoms with E-state index in [4.69, 9.17) is 4.74 Å². The van der Waals surface area contributed by atoms with Gasteiger partial charge < -0.3 is 15.0 Å². The third-order valence-electron chi connectivity index (χ3n) is 4.25. The fourth-order valence-corrected chi connectivity index (χ4v) is 2.65. The number of anilines is 1. The van der Waals surface area contributed by atoms with Crippen LogP contribution in [0.1, 0.15) is 21.5 Å². The molecule has 0 unspecified atom stereocenters. The van der Waals surface area contributed by atoms with Crippen molar-refractivity contribution in [2.24, 2.45) is 0 Å². The fraction of sp³-hybridized carbons (Fsp3) is 0.174. The molecule has 0 fully saturated rings. The molecule has 3 aromatic rings. The van der Waals surface area contributed by atoms with E-state index in [1.165, 1.54) is 0 Å². The molecule has 0 atom stereocenters. The third kappa shape index (κ3) is 5.35. The summed E-state index contributed by atoms with van der Waals surface area (Å²) in [6, 6.07) is 25.4. The first-order chi connectivity index (χ1) is 13.1. The van der Waals surface area contributed by atoms with Gasteiger partial charge in [-0.3, -0.25) is 4.79 Å². The minimum Gasteiger partial charge on any atom is -0.489 e. The van der Waals surface area contributed by atoms with Crippen LogP contribution in [0.3, 0.4) is 0 Å². The predicted molar refractivity (Wildman–Crippen MR) is 109 cm³/mol. The number of ether oxygens (including phenoxy) is 1. The first kappa shape index (κ1) is 18.5. The summed E-state index contributed by atoms with van der Waals surface area (Å²) >= 11 is 0. The van der Waals surface area contributed by atoms with E-state index in [0.29, 0.717) is 18.7 Å². The lowest BCUT2D eigenvalue weighted by Crippen LogP contribution is -2.23. The average Bonchev–Trinajstić information content (AvgIpc) is 2.72. The molecular weight excluding hydrogens is 336 g/mol. The zero-order chi connectivity index (χ0) is 19.1. The van der Waals surface area contributed by atoms with Gasteiger partial charge >= 0.3 is 0 Å². The Balaban J connectivity index is 1.52. The number of nitrogens with one attached hydrogen (secondary N) is 1. The van der Waals surface area contributed by atoms with Crippen molar-refractivity contribution in [3.8, 4) is 5.75 Å². The van der Waals surface area contributed by atoms with Crippen LogP contribution in [-0.2, 0) is 13.2 Å². The summed E-state index contributed by atoms with van der Waals surface area (Å²) in [5.74, 6) is 0.781. The van der Waals surface area contributed by atoms with E-state index < -0.39 is 0 Å². The van der Waals surface area contributed by atoms with Gasteiger partial charge in [-0.1, -0.05) is 48.5 Å². The summed E-state index contributed by atoms with van der Waals surface area (Å²) in [6.07, 6.45) is 0. The maximum Gasteiger partial charge on any atom is 0.251 e. The molecule has 0 radical (unpaired) electrons. The van der Waals surface area contributed by atoms with Crippen LogP contribution in [0.2, 0.25) is 0 Å². The molecule has 3 aromatic carbocycles. The molecular formula is C23H24N2O2. The standard InChI is InChI=1S/C23H24N2O2/c1-25(2)21-8-6-7-20(15-21)23(26)24-16-18-11-13-19(14-12-18)17-27-22-9-4-3-5-10-22/h3-15H,16-17H2,1-2H3,(H,24,26). The van der Waals surface area contributed by atoms with E-state index in [0.717, 1.165) is 22.6 Å². The number of benzene rings is 3. The quantitative estimate of drug-likeness (QED) is 0.684. The number of hydrogen-bond donors (Lipinski definition) is 1. The van der Waals surface area contributed by atoms with Gasteiger partial charge in [-0.2, -0.15) is 0 Å². The van der Waals surface area contributed by atoms with Gasteiger partial charge in [0.15, 0.2) is 0 Å². The molecule has 1 amide bonds. The SMILES string of the molecule is CN(C)c1cccc(C(=O)NCc2ccc(COc3ccccc3)cc2)c1. The fourth-order valence-electron chi connectivity index (χ4n) is 2.65. The number of para-hydroxylation sites is 1. The Hall–Kier alpha value is -3.27. The summed E-state index contributed by atoms with van der Waals surface area (Å²) < 4.78 is 5.74. The maximum atomic E-state index is 12.4. The van der Waals surface area contributed by atoms with Crippen molar-refractivity contribution in [2.75, 3.05) is 19.0 Å². The third-order valence-corrected chi connectivity index (χ3v) is 4.25. The van der Waals surface area contributed by atoms with Gasteiger partial charge in [-0.25, -0.2) is 0 Å². The topological polar surface area (TPSA) is 41.6 Å². The van der Waals surface area contributed by atoms with Crippen molar-refractivity contribution >= 4 is 11.6 Å². The average molecular weight is 360 g/mol. The Morgan fingerprint density at radius 1 is 0.889 bits per heavy atom. The minimum absolute atomic E-state index is 0.0739. The van der Waals surface area contributed by atoms with Gasteiger partial charge in [0.25, 0.3) is 5.91 Å². The Labute approximate surface area is 160 Å². The molecule has 0 heterocycles. The van der Waals surface area contributed by atoms with Crippen molar-refractivity contribution in [3.05, 3.63) is 95.6 Å². The summed E-state index contributed by atoms with van der Waals surface area (Å²) in [5, 5.41) is 2.97. The van der Waals surface area contributed by atoms with Gasteiger partial charge in [0.1, 0.15) is 12.4 Å². The highest BCUT2D eigenvalue weighted by Gasteiger charge is 2.07. The maximum absolute atomic E-state index is 12.4. The molecule has 0 aliphatic carbocycles. The smallest absolute Gasteiger partial charge is 0.251 e. The molecule has 27 heavy (non-hydrogen) atoms. The molecule has 0 aromatic heterocycles. The van der Waals surface area contributed by atoms with Gasteiger partial charge in [-0.05, 0) is 41.5 Å². The van der Waals surface area contributed by atoms with Gasteiger partial charge in [-0.15, -0.1) is 0 Å². The second-order valence-electron chi connectivity index (χ2n) is 6.55. The lowest BCUT2D eigenvalue weighted by Gasteiger charge is -2.13. The Morgan fingerprint density at radius 3 is 2.30 bits per heavy atom. The molecule has 0 saturated heterocycles. The normalized spacial score (nSPS) is 10.3. The van der Waals surface area contributed by atoms with E-state index in [9.17, 15) is 4.79 Å². The van der Waals surface area contributed by atoms with E-state index in [1.807, 2.05) is 97.9 Å². The van der Waals surface area contributed by atoms with Crippen LogP contribution in [0.4, 0.5) is 5.69 Å². The Morgan fingerprint density at radius 2 is 1.59 bits per heavy atom. The molecule has 0 aliphatic heterocycles.